The molecule has 0 aromatic heterocycles. The fraction of sp³-hybridized carbons (Fsp3) is 0.0909. The van der Waals surface area contributed by atoms with E-state index >= 15 is 0 Å². The van der Waals surface area contributed by atoms with Crippen LogP contribution in [-0.4, -0.2) is 15.3 Å². The van der Waals surface area contributed by atoms with E-state index in [1.807, 2.05) is 66.7 Å². The Balaban J connectivity index is 2.18. The largest absolute Gasteiger partial charge is 0.507 e. The third kappa shape index (κ3) is 2.54. The lowest BCUT2D eigenvalue weighted by Crippen LogP contribution is -1.93. The summed E-state index contributed by atoms with van der Waals surface area (Å²) in [4.78, 5) is 0. The van der Waals surface area contributed by atoms with Gasteiger partial charge in [-0.1, -0.05) is 48.5 Å². The summed E-state index contributed by atoms with van der Waals surface area (Å²) >= 11 is 0. The Morgan fingerprint density at radius 1 is 0.680 bits per heavy atom. The van der Waals surface area contributed by atoms with Crippen molar-refractivity contribution in [2.45, 2.75) is 13.2 Å². The van der Waals surface area contributed by atoms with E-state index in [-0.39, 0.29) is 19.0 Å². The van der Waals surface area contributed by atoms with Gasteiger partial charge in [0.15, 0.2) is 0 Å². The quantitative estimate of drug-likeness (QED) is 0.523. The Bertz CT molecular complexity index is 1080. The topological polar surface area (TPSA) is 60.7 Å². The molecule has 0 atom stereocenters. The molecule has 4 rings (SSSR count). The summed E-state index contributed by atoms with van der Waals surface area (Å²) in [5.74, 6) is 0.0847. The SMILES string of the molecule is OCc1cc(-c2c(O)c(CO)cc3ccccc23)c2ccccc2c1. The van der Waals surface area contributed by atoms with Gasteiger partial charge in [-0.3, -0.25) is 0 Å². The first-order valence-corrected chi connectivity index (χ1v) is 8.20. The van der Waals surface area contributed by atoms with Crippen LogP contribution in [-0.2, 0) is 13.2 Å². The van der Waals surface area contributed by atoms with E-state index in [4.69, 9.17) is 0 Å². The molecule has 3 N–H and O–H groups in total. The predicted molar refractivity (Wildman–Crippen MR) is 100 cm³/mol. The van der Waals surface area contributed by atoms with Crippen LogP contribution in [0, 0.1) is 0 Å². The molecule has 0 saturated heterocycles. The number of aromatic hydroxyl groups is 1. The molecular formula is C22H18O3. The van der Waals surface area contributed by atoms with Crippen molar-refractivity contribution < 1.29 is 15.3 Å². The first-order valence-electron chi connectivity index (χ1n) is 8.20. The van der Waals surface area contributed by atoms with Crippen LogP contribution in [0.25, 0.3) is 32.7 Å². The van der Waals surface area contributed by atoms with E-state index in [1.165, 1.54) is 0 Å². The Morgan fingerprint density at radius 3 is 2.00 bits per heavy atom. The average molecular weight is 330 g/mol. The first kappa shape index (κ1) is 15.6. The maximum absolute atomic E-state index is 10.8. The highest BCUT2D eigenvalue weighted by atomic mass is 16.3. The van der Waals surface area contributed by atoms with E-state index in [2.05, 4.69) is 0 Å². The molecule has 0 aliphatic heterocycles. The zero-order chi connectivity index (χ0) is 17.4. The van der Waals surface area contributed by atoms with Gasteiger partial charge in [-0.2, -0.15) is 0 Å². The summed E-state index contributed by atoms with van der Waals surface area (Å²) in [6, 6.07) is 21.4. The molecule has 0 aliphatic rings. The molecule has 0 radical (unpaired) electrons. The first-order chi connectivity index (χ1) is 12.2. The third-order valence-electron chi connectivity index (χ3n) is 4.64. The number of rotatable bonds is 3. The average Bonchev–Trinajstić information content (AvgIpc) is 2.66. The molecule has 3 heteroatoms. The molecule has 124 valence electrons. The Hall–Kier alpha value is -2.88. The van der Waals surface area contributed by atoms with E-state index in [0.717, 1.165) is 32.7 Å². The third-order valence-corrected chi connectivity index (χ3v) is 4.64. The molecule has 0 amide bonds. The van der Waals surface area contributed by atoms with Crippen molar-refractivity contribution in [3.8, 4) is 16.9 Å². The standard InChI is InChI=1S/C22H18O3/c23-12-14-9-15-5-1-3-7-18(15)20(10-14)21-19-8-4-2-6-16(19)11-17(13-24)22(21)25/h1-11,23-25H,12-13H2. The van der Waals surface area contributed by atoms with Crippen LogP contribution in [0.5, 0.6) is 5.75 Å². The van der Waals surface area contributed by atoms with Crippen LogP contribution in [0.2, 0.25) is 0 Å². The second-order valence-electron chi connectivity index (χ2n) is 6.16. The van der Waals surface area contributed by atoms with E-state index in [9.17, 15) is 15.3 Å². The minimum atomic E-state index is -0.235. The zero-order valence-corrected chi connectivity index (χ0v) is 13.6. The highest BCUT2D eigenvalue weighted by Gasteiger charge is 2.16. The van der Waals surface area contributed by atoms with Crippen LogP contribution in [0.3, 0.4) is 0 Å². The Morgan fingerprint density at radius 2 is 1.32 bits per heavy atom. The number of hydrogen-bond acceptors (Lipinski definition) is 3. The molecule has 0 fully saturated rings. The second-order valence-corrected chi connectivity index (χ2v) is 6.16. The fourth-order valence-corrected chi connectivity index (χ4v) is 3.46. The van der Waals surface area contributed by atoms with Gasteiger partial charge in [-0.05, 0) is 50.9 Å². The summed E-state index contributed by atoms with van der Waals surface area (Å²) in [5, 5.41) is 34.0. The van der Waals surface area contributed by atoms with Crippen LogP contribution in [0.1, 0.15) is 11.1 Å². The molecule has 0 spiro atoms. The molecule has 0 aliphatic carbocycles. The maximum Gasteiger partial charge on any atom is 0.129 e. The summed E-state index contributed by atoms with van der Waals surface area (Å²) in [7, 11) is 0. The molecular weight excluding hydrogens is 312 g/mol. The van der Waals surface area contributed by atoms with E-state index in [0.29, 0.717) is 11.1 Å². The van der Waals surface area contributed by atoms with Gasteiger partial charge in [0.25, 0.3) is 0 Å². The summed E-state index contributed by atoms with van der Waals surface area (Å²) in [5.41, 5.74) is 2.82. The van der Waals surface area contributed by atoms with Gasteiger partial charge in [-0.15, -0.1) is 0 Å². The van der Waals surface area contributed by atoms with Gasteiger partial charge in [0, 0.05) is 11.1 Å². The van der Waals surface area contributed by atoms with E-state index in [1.54, 1.807) is 0 Å². The van der Waals surface area contributed by atoms with Crippen molar-refractivity contribution in [1.29, 1.82) is 0 Å². The minimum Gasteiger partial charge on any atom is -0.507 e. The molecule has 3 nitrogen and oxygen atoms in total. The van der Waals surface area contributed by atoms with Gasteiger partial charge < -0.3 is 15.3 Å². The molecule has 0 saturated carbocycles. The Kier molecular flexibility index (Phi) is 3.88. The van der Waals surface area contributed by atoms with Crippen molar-refractivity contribution in [1.82, 2.24) is 0 Å². The normalized spacial score (nSPS) is 11.3. The number of benzene rings is 4. The lowest BCUT2D eigenvalue weighted by atomic mass is 9.90. The number of fused-ring (bicyclic) bond motifs is 2. The maximum atomic E-state index is 10.8. The van der Waals surface area contributed by atoms with Crippen molar-refractivity contribution in [2.24, 2.45) is 0 Å². The molecule has 25 heavy (non-hydrogen) atoms. The van der Waals surface area contributed by atoms with Crippen molar-refractivity contribution in [3.63, 3.8) is 0 Å². The van der Waals surface area contributed by atoms with Crippen LogP contribution in [0.4, 0.5) is 0 Å². The van der Waals surface area contributed by atoms with Crippen LogP contribution in [0.15, 0.2) is 66.7 Å². The number of hydrogen-bond donors (Lipinski definition) is 3. The highest BCUT2D eigenvalue weighted by molar-refractivity contribution is 6.08. The van der Waals surface area contributed by atoms with Crippen LogP contribution >= 0.6 is 0 Å². The zero-order valence-electron chi connectivity index (χ0n) is 13.6. The van der Waals surface area contributed by atoms with Gasteiger partial charge in [0.1, 0.15) is 5.75 Å². The monoisotopic (exact) mass is 330 g/mol. The lowest BCUT2D eigenvalue weighted by Gasteiger charge is -2.16. The van der Waals surface area contributed by atoms with Crippen molar-refractivity contribution in [3.05, 3.63) is 77.9 Å². The second kappa shape index (κ2) is 6.20. The molecule has 0 bridgehead atoms. The lowest BCUT2D eigenvalue weighted by molar-refractivity contribution is 0.276. The van der Waals surface area contributed by atoms with Gasteiger partial charge >= 0.3 is 0 Å². The number of aliphatic hydroxyl groups excluding tert-OH is 2. The predicted octanol–water partition coefficient (Wildman–Crippen LogP) is 4.35. The molecule has 0 unspecified atom stereocenters. The summed E-state index contributed by atoms with van der Waals surface area (Å²) in [6.07, 6.45) is 0. The van der Waals surface area contributed by atoms with Crippen LogP contribution < -0.4 is 0 Å². The summed E-state index contributed by atoms with van der Waals surface area (Å²) in [6.45, 7) is -0.308. The van der Waals surface area contributed by atoms with E-state index < -0.39 is 0 Å². The van der Waals surface area contributed by atoms with Crippen molar-refractivity contribution >= 4 is 21.5 Å². The van der Waals surface area contributed by atoms with Gasteiger partial charge in [-0.25, -0.2) is 0 Å². The molecule has 0 heterocycles. The molecule has 4 aromatic carbocycles. The van der Waals surface area contributed by atoms with Crippen molar-refractivity contribution in [2.75, 3.05) is 0 Å². The highest BCUT2D eigenvalue weighted by Crippen LogP contribution is 2.42. The number of aliphatic hydroxyl groups is 2. The smallest absolute Gasteiger partial charge is 0.129 e. The van der Waals surface area contributed by atoms with Gasteiger partial charge in [0.05, 0.1) is 13.2 Å². The summed E-state index contributed by atoms with van der Waals surface area (Å²) < 4.78 is 0. The molecule has 4 aromatic rings. The number of phenols is 1. The fourth-order valence-electron chi connectivity index (χ4n) is 3.46. The van der Waals surface area contributed by atoms with Gasteiger partial charge in [0.2, 0.25) is 0 Å². The minimum absolute atomic E-state index is 0.0732. The Labute approximate surface area is 145 Å².